The molecule has 0 bridgehead atoms. The molecule has 2 aliphatic carbocycles. The number of carboxylic acid groups (broad SMARTS) is 1. The van der Waals surface area contributed by atoms with Crippen LogP contribution in [-0.4, -0.2) is 109 Å². The number of aliphatic hydroxyl groups is 2. The molecular formula is C24H29IO13. The second-order valence-electron chi connectivity index (χ2n) is 10.6. The summed E-state index contributed by atoms with van der Waals surface area (Å²) in [4.78, 5) is 50.4. The molecule has 14 heteroatoms. The third-order valence-corrected chi connectivity index (χ3v) is 12.8. The van der Waals surface area contributed by atoms with Crippen LogP contribution in [0.1, 0.15) is 33.1 Å². The van der Waals surface area contributed by atoms with Crippen LogP contribution in [0.15, 0.2) is 0 Å². The molecule has 6 aliphatic rings. The van der Waals surface area contributed by atoms with Crippen molar-refractivity contribution in [2.24, 2.45) is 16.7 Å². The van der Waals surface area contributed by atoms with Crippen molar-refractivity contribution in [2.75, 3.05) is 19.8 Å². The molecule has 210 valence electrons. The molecule has 13 nitrogen and oxygen atoms in total. The van der Waals surface area contributed by atoms with Gasteiger partial charge in [0.25, 0.3) is 0 Å². The lowest BCUT2D eigenvalue weighted by atomic mass is 9.55. The number of hydrogen-bond donors (Lipinski definition) is 3. The Morgan fingerprint density at radius 3 is 2.66 bits per heavy atom. The average Bonchev–Trinajstić information content (AvgIpc) is 3.57. The summed E-state index contributed by atoms with van der Waals surface area (Å²) in [5.74, 6) is -4.87. The Labute approximate surface area is 226 Å². The number of fused-ring (bicyclic) bond motifs is 1. The fourth-order valence-corrected chi connectivity index (χ4v) is 12.0. The standard InChI is InChI=1S/C24H29IO13/c1-3-4-5-25-11-8-12-22-14(28)15-23(32,10(2)17(29)36-15)24(22,19(31)35-12)38-20-21(11,22)16(18(30)37-20)34-7-6-33-9-13(26)27/h5,10-12,14-16,20,28,32H,3-4,6-9H2,1-2H3,(H,26,27)/t10?,11-,12?,14+,15+,16+,20+,21?,22+,23-,24-/m1/s1. The number of alkyl halides is 1. The van der Waals surface area contributed by atoms with Crippen molar-refractivity contribution in [3.63, 3.8) is 0 Å². The number of aliphatic carboxylic acids is 1. The number of carbonyl (C=O) groups is 4. The van der Waals surface area contributed by atoms with E-state index in [4.69, 9.17) is 33.5 Å². The zero-order valence-electron chi connectivity index (χ0n) is 20.7. The Hall–Kier alpha value is -1.72. The number of unbranched alkanes of at least 4 members (excludes halogenated alkanes) is 1. The SMILES string of the molecule is CCCC=I[C@@H]1CC2OC(=O)[C@@]34O[C@@H]5OC(=O)[C@H](OCCOCC(=O)O)C51[C@@]23[C@@H](O)[C@@H]1OC(=O)C(C)[C@@]14O. The highest BCUT2D eigenvalue weighted by molar-refractivity contribution is 14.2. The smallest absolute Gasteiger partial charge is 0.343 e. The third kappa shape index (κ3) is 2.67. The first-order valence-corrected chi connectivity index (χ1v) is 15.1. The average molecular weight is 652 g/mol. The van der Waals surface area contributed by atoms with E-state index in [1.807, 2.05) is 6.92 Å². The molecular weight excluding hydrogens is 623 g/mol. The van der Waals surface area contributed by atoms with E-state index < -0.39 is 110 Å². The number of carboxylic acids is 1. The van der Waals surface area contributed by atoms with Crippen LogP contribution in [0.2, 0.25) is 0 Å². The fraction of sp³-hybridized carbons (Fsp3) is 0.792. The first kappa shape index (κ1) is 26.5. The molecule has 0 amide bonds. The molecule has 4 aliphatic heterocycles. The second-order valence-corrected chi connectivity index (χ2v) is 13.7. The molecule has 38 heavy (non-hydrogen) atoms. The second kappa shape index (κ2) is 8.64. The first-order valence-electron chi connectivity index (χ1n) is 12.6. The molecule has 0 aromatic heterocycles. The van der Waals surface area contributed by atoms with E-state index in [0.717, 1.165) is 12.8 Å². The molecule has 6 fully saturated rings. The molecule has 2 saturated carbocycles. The van der Waals surface area contributed by atoms with Gasteiger partial charge in [-0.05, 0) is 19.8 Å². The minimum atomic E-state index is -2.27. The van der Waals surface area contributed by atoms with Crippen LogP contribution in [0.3, 0.4) is 0 Å². The lowest BCUT2D eigenvalue weighted by Crippen LogP contribution is -2.67. The number of halogens is 1. The van der Waals surface area contributed by atoms with Gasteiger partial charge in [-0.3, -0.25) is 4.79 Å². The van der Waals surface area contributed by atoms with Crippen molar-refractivity contribution in [2.45, 2.75) is 78.9 Å². The van der Waals surface area contributed by atoms with Gasteiger partial charge in [-0.25, -0.2) is 14.4 Å². The molecule has 11 atom stereocenters. The molecule has 3 unspecified atom stereocenters. The minimum Gasteiger partial charge on any atom is -0.480 e. The number of hydrogen-bond acceptors (Lipinski definition) is 12. The molecule has 0 radical (unpaired) electrons. The van der Waals surface area contributed by atoms with Gasteiger partial charge in [-0.1, -0.05) is 17.4 Å². The summed E-state index contributed by atoms with van der Waals surface area (Å²) in [6.07, 6.45) is -4.71. The van der Waals surface area contributed by atoms with Gasteiger partial charge in [0, 0.05) is 3.92 Å². The van der Waals surface area contributed by atoms with Gasteiger partial charge in [0.1, 0.15) is 18.8 Å². The van der Waals surface area contributed by atoms with Crippen molar-refractivity contribution >= 4 is 48.6 Å². The van der Waals surface area contributed by atoms with Crippen LogP contribution in [0.5, 0.6) is 0 Å². The summed E-state index contributed by atoms with van der Waals surface area (Å²) < 4.78 is 36.2. The van der Waals surface area contributed by atoms with Crippen molar-refractivity contribution in [1.29, 1.82) is 0 Å². The van der Waals surface area contributed by atoms with Crippen molar-refractivity contribution in [1.82, 2.24) is 0 Å². The van der Waals surface area contributed by atoms with Crippen LogP contribution in [-0.2, 0) is 47.6 Å². The summed E-state index contributed by atoms with van der Waals surface area (Å²) in [5.41, 5.74) is -7.62. The highest BCUT2D eigenvalue weighted by atomic mass is 127. The fourth-order valence-electron chi connectivity index (χ4n) is 7.96. The summed E-state index contributed by atoms with van der Waals surface area (Å²) in [5, 5.41) is 32.9. The molecule has 0 aromatic rings. The molecule has 6 rings (SSSR count). The van der Waals surface area contributed by atoms with Crippen LogP contribution >= 0.6 is 20.7 Å². The maximum absolute atomic E-state index is 13.7. The highest BCUT2D eigenvalue weighted by Gasteiger charge is 3.03. The lowest BCUT2D eigenvalue weighted by molar-refractivity contribution is -0.237. The summed E-state index contributed by atoms with van der Waals surface area (Å²) >= 11 is -0.791. The Bertz CT molecular complexity index is 1130. The van der Waals surface area contributed by atoms with E-state index >= 15 is 0 Å². The van der Waals surface area contributed by atoms with E-state index in [1.165, 1.54) is 6.92 Å². The van der Waals surface area contributed by atoms with Crippen LogP contribution in [0.4, 0.5) is 0 Å². The molecule has 3 N–H and O–H groups in total. The predicted molar refractivity (Wildman–Crippen MR) is 130 cm³/mol. The first-order chi connectivity index (χ1) is 18.1. The van der Waals surface area contributed by atoms with Crippen molar-refractivity contribution in [3.8, 4) is 0 Å². The van der Waals surface area contributed by atoms with Gasteiger partial charge in [0.2, 0.25) is 11.9 Å². The van der Waals surface area contributed by atoms with Gasteiger partial charge in [-0.15, -0.1) is 20.7 Å². The summed E-state index contributed by atoms with van der Waals surface area (Å²) in [6, 6.07) is 0. The monoisotopic (exact) mass is 652 g/mol. The Morgan fingerprint density at radius 1 is 1.18 bits per heavy atom. The maximum atomic E-state index is 13.7. The maximum Gasteiger partial charge on any atom is 0.343 e. The topological polar surface area (TPSA) is 184 Å². The van der Waals surface area contributed by atoms with Gasteiger partial charge in [-0.2, -0.15) is 0 Å². The normalized spacial score (nSPS) is 49.8. The molecule has 4 heterocycles. The van der Waals surface area contributed by atoms with E-state index in [-0.39, 0.29) is 23.6 Å². The van der Waals surface area contributed by atoms with E-state index in [1.54, 1.807) is 0 Å². The van der Waals surface area contributed by atoms with Crippen LogP contribution in [0, 0.1) is 16.7 Å². The van der Waals surface area contributed by atoms with E-state index in [9.17, 15) is 29.4 Å². The molecule has 4 saturated heterocycles. The molecule has 2 spiro atoms. The third-order valence-electron chi connectivity index (χ3n) is 9.21. The predicted octanol–water partition coefficient (Wildman–Crippen LogP) is -0.965. The summed E-state index contributed by atoms with van der Waals surface area (Å²) in [7, 11) is 0. The minimum absolute atomic E-state index is 0.139. The number of carbonyl (C=O) groups excluding carboxylic acids is 3. The largest absolute Gasteiger partial charge is 0.480 e. The lowest BCUT2D eigenvalue weighted by Gasteiger charge is -2.45. The number of aliphatic hydroxyl groups excluding tert-OH is 1. The number of rotatable bonds is 9. The Balaban J connectivity index is 1.50. The van der Waals surface area contributed by atoms with Gasteiger partial charge < -0.3 is 43.7 Å². The number of esters is 3. The highest BCUT2D eigenvalue weighted by Crippen LogP contribution is 2.83. The Morgan fingerprint density at radius 2 is 1.95 bits per heavy atom. The van der Waals surface area contributed by atoms with Crippen molar-refractivity contribution < 1.29 is 62.9 Å². The van der Waals surface area contributed by atoms with Gasteiger partial charge >= 0.3 is 23.9 Å². The van der Waals surface area contributed by atoms with Crippen molar-refractivity contribution in [3.05, 3.63) is 0 Å². The number of ether oxygens (including phenoxy) is 6. The van der Waals surface area contributed by atoms with Crippen LogP contribution < -0.4 is 0 Å². The van der Waals surface area contributed by atoms with E-state index in [0.29, 0.717) is 0 Å². The van der Waals surface area contributed by atoms with Crippen LogP contribution in [0.25, 0.3) is 0 Å². The van der Waals surface area contributed by atoms with Gasteiger partial charge in [0.15, 0.2) is 17.8 Å². The van der Waals surface area contributed by atoms with Gasteiger partial charge in [0.05, 0.1) is 30.0 Å². The summed E-state index contributed by atoms with van der Waals surface area (Å²) in [6.45, 7) is 2.57. The van der Waals surface area contributed by atoms with E-state index in [2.05, 4.69) is 4.01 Å². The quantitative estimate of drug-likeness (QED) is 0.0911. The zero-order chi connectivity index (χ0) is 27.3. The Kier molecular flexibility index (Phi) is 6.02. The molecule has 0 aromatic carbocycles. The zero-order valence-corrected chi connectivity index (χ0v) is 22.8.